The molecule has 0 aliphatic carbocycles. The van der Waals surface area contributed by atoms with Crippen LogP contribution in [0.1, 0.15) is 30.5 Å². The lowest BCUT2D eigenvalue weighted by atomic mass is 9.94. The standard InChI is InChI=1S/C17H21N3O3/c1-12(17(22)23)16(14-6-4-3-5-7-14)19-15(21)9-8-13-10-18-20(2)11-13/h3-7,10-12,16H,8-9H2,1-2H3,(H,19,21)(H,22,23). The molecule has 0 spiro atoms. The summed E-state index contributed by atoms with van der Waals surface area (Å²) in [7, 11) is 1.82. The van der Waals surface area contributed by atoms with E-state index >= 15 is 0 Å². The molecule has 0 saturated heterocycles. The predicted molar refractivity (Wildman–Crippen MR) is 85.7 cm³/mol. The minimum Gasteiger partial charge on any atom is -0.481 e. The molecule has 1 amide bonds. The van der Waals surface area contributed by atoms with Crippen molar-refractivity contribution in [2.75, 3.05) is 0 Å². The summed E-state index contributed by atoms with van der Waals surface area (Å²) in [6.45, 7) is 1.60. The van der Waals surface area contributed by atoms with Crippen molar-refractivity contribution in [1.82, 2.24) is 15.1 Å². The lowest BCUT2D eigenvalue weighted by molar-refractivity contribution is -0.142. The highest BCUT2D eigenvalue weighted by Gasteiger charge is 2.26. The Bertz CT molecular complexity index is 667. The first-order valence-corrected chi connectivity index (χ1v) is 7.52. The van der Waals surface area contributed by atoms with Crippen molar-refractivity contribution < 1.29 is 14.7 Å². The van der Waals surface area contributed by atoms with Gasteiger partial charge in [0.1, 0.15) is 0 Å². The molecule has 1 aromatic heterocycles. The normalized spacial score (nSPS) is 13.3. The zero-order chi connectivity index (χ0) is 16.8. The van der Waals surface area contributed by atoms with Crippen LogP contribution in [0.5, 0.6) is 0 Å². The first-order valence-electron chi connectivity index (χ1n) is 7.52. The first kappa shape index (κ1) is 16.7. The molecule has 2 rings (SSSR count). The van der Waals surface area contributed by atoms with Crippen molar-refractivity contribution in [1.29, 1.82) is 0 Å². The maximum Gasteiger partial charge on any atom is 0.308 e. The van der Waals surface area contributed by atoms with Gasteiger partial charge in [-0.3, -0.25) is 14.3 Å². The molecule has 0 radical (unpaired) electrons. The van der Waals surface area contributed by atoms with Crippen LogP contribution in [-0.2, 0) is 23.1 Å². The number of carbonyl (C=O) groups is 2. The van der Waals surface area contributed by atoms with Crippen LogP contribution in [0.25, 0.3) is 0 Å². The van der Waals surface area contributed by atoms with Crippen molar-refractivity contribution in [2.24, 2.45) is 13.0 Å². The number of aryl methyl sites for hydroxylation is 2. The zero-order valence-electron chi connectivity index (χ0n) is 13.3. The molecule has 0 fully saturated rings. The van der Waals surface area contributed by atoms with E-state index in [-0.39, 0.29) is 5.91 Å². The van der Waals surface area contributed by atoms with Gasteiger partial charge in [-0.15, -0.1) is 0 Å². The summed E-state index contributed by atoms with van der Waals surface area (Å²) in [4.78, 5) is 23.5. The summed E-state index contributed by atoms with van der Waals surface area (Å²) in [6.07, 6.45) is 4.45. The number of carboxylic acids is 1. The van der Waals surface area contributed by atoms with E-state index in [4.69, 9.17) is 0 Å². The fraction of sp³-hybridized carbons (Fsp3) is 0.353. The summed E-state index contributed by atoms with van der Waals surface area (Å²) in [5, 5.41) is 16.2. The molecule has 6 heteroatoms. The van der Waals surface area contributed by atoms with Gasteiger partial charge in [-0.25, -0.2) is 0 Å². The molecule has 122 valence electrons. The van der Waals surface area contributed by atoms with E-state index in [0.29, 0.717) is 12.8 Å². The van der Waals surface area contributed by atoms with Crippen LogP contribution in [0.4, 0.5) is 0 Å². The number of benzene rings is 1. The Labute approximate surface area is 135 Å². The lowest BCUT2D eigenvalue weighted by Crippen LogP contribution is -2.35. The smallest absolute Gasteiger partial charge is 0.308 e. The number of rotatable bonds is 7. The van der Waals surface area contributed by atoms with E-state index in [1.165, 1.54) is 0 Å². The number of hydrogen-bond acceptors (Lipinski definition) is 3. The van der Waals surface area contributed by atoms with Crippen LogP contribution in [0.15, 0.2) is 42.7 Å². The van der Waals surface area contributed by atoms with Gasteiger partial charge < -0.3 is 10.4 Å². The quantitative estimate of drug-likeness (QED) is 0.817. The molecule has 0 aliphatic rings. The third-order valence-corrected chi connectivity index (χ3v) is 3.76. The number of aromatic nitrogens is 2. The number of nitrogens with zero attached hydrogens (tertiary/aromatic N) is 2. The van der Waals surface area contributed by atoms with Gasteiger partial charge in [-0.1, -0.05) is 30.3 Å². The highest BCUT2D eigenvalue weighted by Crippen LogP contribution is 2.22. The number of carboxylic acid groups (broad SMARTS) is 1. The second kappa shape index (κ2) is 7.58. The second-order valence-corrected chi connectivity index (χ2v) is 5.61. The Morgan fingerprint density at radius 2 is 2.00 bits per heavy atom. The monoisotopic (exact) mass is 315 g/mol. The molecule has 0 aliphatic heterocycles. The molecule has 23 heavy (non-hydrogen) atoms. The molecule has 2 aromatic rings. The highest BCUT2D eigenvalue weighted by molar-refractivity contribution is 5.78. The number of hydrogen-bond donors (Lipinski definition) is 2. The van der Waals surface area contributed by atoms with Crippen LogP contribution in [0.2, 0.25) is 0 Å². The Balaban J connectivity index is 2.02. The van der Waals surface area contributed by atoms with Crippen LogP contribution in [0, 0.1) is 5.92 Å². The average Bonchev–Trinajstić information content (AvgIpc) is 2.96. The molecular weight excluding hydrogens is 294 g/mol. The van der Waals surface area contributed by atoms with Gasteiger partial charge in [-0.05, 0) is 24.5 Å². The van der Waals surface area contributed by atoms with Crippen molar-refractivity contribution in [3.63, 3.8) is 0 Å². The first-order chi connectivity index (χ1) is 11.0. The van der Waals surface area contributed by atoms with Crippen LogP contribution in [0.3, 0.4) is 0 Å². The summed E-state index contributed by atoms with van der Waals surface area (Å²) in [5.74, 6) is -1.82. The minimum absolute atomic E-state index is 0.171. The number of nitrogens with one attached hydrogen (secondary N) is 1. The third kappa shape index (κ3) is 4.67. The van der Waals surface area contributed by atoms with Gasteiger partial charge in [0.25, 0.3) is 0 Å². The summed E-state index contributed by atoms with van der Waals surface area (Å²) in [5.41, 5.74) is 1.77. The van der Waals surface area contributed by atoms with E-state index in [2.05, 4.69) is 10.4 Å². The number of amides is 1. The van der Waals surface area contributed by atoms with Crippen LogP contribution < -0.4 is 5.32 Å². The van der Waals surface area contributed by atoms with Gasteiger partial charge >= 0.3 is 5.97 Å². The highest BCUT2D eigenvalue weighted by atomic mass is 16.4. The molecule has 2 unspecified atom stereocenters. The maximum absolute atomic E-state index is 12.2. The molecule has 1 aromatic carbocycles. The van der Waals surface area contributed by atoms with Gasteiger partial charge in [0.05, 0.1) is 18.2 Å². The van der Waals surface area contributed by atoms with Crippen molar-refractivity contribution >= 4 is 11.9 Å². The molecular formula is C17H21N3O3. The fourth-order valence-corrected chi connectivity index (χ4v) is 2.40. The van der Waals surface area contributed by atoms with E-state index in [1.54, 1.807) is 17.8 Å². The third-order valence-electron chi connectivity index (χ3n) is 3.76. The van der Waals surface area contributed by atoms with Crippen LogP contribution >= 0.6 is 0 Å². The van der Waals surface area contributed by atoms with Gasteiger partial charge in [-0.2, -0.15) is 5.10 Å². The number of carbonyl (C=O) groups excluding carboxylic acids is 1. The average molecular weight is 315 g/mol. The topological polar surface area (TPSA) is 84.2 Å². The summed E-state index contributed by atoms with van der Waals surface area (Å²) < 4.78 is 1.69. The van der Waals surface area contributed by atoms with E-state index in [0.717, 1.165) is 11.1 Å². The minimum atomic E-state index is -0.939. The Morgan fingerprint density at radius 3 is 2.57 bits per heavy atom. The van der Waals surface area contributed by atoms with Gasteiger partial charge in [0, 0.05) is 19.7 Å². The Kier molecular flexibility index (Phi) is 5.51. The molecule has 1 heterocycles. The molecule has 2 atom stereocenters. The molecule has 0 bridgehead atoms. The molecule has 6 nitrogen and oxygen atoms in total. The van der Waals surface area contributed by atoms with Gasteiger partial charge in [0.15, 0.2) is 0 Å². The molecule has 2 N–H and O–H groups in total. The largest absolute Gasteiger partial charge is 0.481 e. The number of aliphatic carboxylic acids is 1. The second-order valence-electron chi connectivity index (χ2n) is 5.61. The van der Waals surface area contributed by atoms with E-state index in [1.807, 2.05) is 43.6 Å². The van der Waals surface area contributed by atoms with Crippen molar-refractivity contribution in [2.45, 2.75) is 25.8 Å². The Hall–Kier alpha value is -2.63. The lowest BCUT2D eigenvalue weighted by Gasteiger charge is -2.23. The maximum atomic E-state index is 12.2. The fourth-order valence-electron chi connectivity index (χ4n) is 2.40. The summed E-state index contributed by atoms with van der Waals surface area (Å²) in [6, 6.07) is 8.63. The Morgan fingerprint density at radius 1 is 1.30 bits per heavy atom. The van der Waals surface area contributed by atoms with Gasteiger partial charge in [0.2, 0.25) is 5.91 Å². The van der Waals surface area contributed by atoms with Crippen LogP contribution in [-0.4, -0.2) is 26.8 Å². The molecule has 0 saturated carbocycles. The van der Waals surface area contributed by atoms with Crippen molar-refractivity contribution in [3.8, 4) is 0 Å². The summed E-state index contributed by atoms with van der Waals surface area (Å²) >= 11 is 0. The van der Waals surface area contributed by atoms with E-state index in [9.17, 15) is 14.7 Å². The van der Waals surface area contributed by atoms with E-state index < -0.39 is 17.9 Å². The zero-order valence-corrected chi connectivity index (χ0v) is 13.3. The SMILES string of the molecule is CC(C(=O)O)C(NC(=O)CCc1cnn(C)c1)c1ccccc1. The van der Waals surface area contributed by atoms with Crippen molar-refractivity contribution in [3.05, 3.63) is 53.9 Å². The predicted octanol–water partition coefficient (Wildman–Crippen LogP) is 1.93.